The van der Waals surface area contributed by atoms with Gasteiger partial charge in [-0.05, 0) is 18.3 Å². The van der Waals surface area contributed by atoms with Gasteiger partial charge in [0.25, 0.3) is 5.91 Å². The molecule has 1 amide bonds. The average molecular weight is 208 g/mol. The van der Waals surface area contributed by atoms with Crippen LogP contribution in [0.1, 0.15) is 37.2 Å². The van der Waals surface area contributed by atoms with Gasteiger partial charge in [-0.25, -0.2) is 0 Å². The third kappa shape index (κ3) is 2.16. The first-order valence-corrected chi connectivity index (χ1v) is 5.23. The van der Waals surface area contributed by atoms with E-state index >= 15 is 0 Å². The predicted octanol–water partition coefficient (Wildman–Crippen LogP) is 1.07. The molecule has 1 fully saturated rings. The van der Waals surface area contributed by atoms with Crippen molar-refractivity contribution in [2.45, 2.75) is 26.7 Å². The largest absolute Gasteiger partial charge is 0.337 e. The Morgan fingerprint density at radius 3 is 3.00 bits per heavy atom. The van der Waals surface area contributed by atoms with Gasteiger partial charge in [0.1, 0.15) is 0 Å². The van der Waals surface area contributed by atoms with E-state index in [4.69, 9.17) is 0 Å². The highest BCUT2D eigenvalue weighted by Gasteiger charge is 2.30. The van der Waals surface area contributed by atoms with Crippen LogP contribution in [-0.4, -0.2) is 39.3 Å². The maximum Gasteiger partial charge on any atom is 0.276 e. The Kier molecular flexibility index (Phi) is 2.46. The van der Waals surface area contributed by atoms with E-state index in [1.165, 1.54) is 12.6 Å². The minimum atomic E-state index is -0.0171. The van der Waals surface area contributed by atoms with Gasteiger partial charge in [-0.1, -0.05) is 13.8 Å². The van der Waals surface area contributed by atoms with Gasteiger partial charge in [0.15, 0.2) is 5.69 Å². The van der Waals surface area contributed by atoms with Crippen LogP contribution in [0.2, 0.25) is 0 Å². The maximum atomic E-state index is 12.0. The van der Waals surface area contributed by atoms with Crippen LogP contribution in [0.25, 0.3) is 0 Å². The van der Waals surface area contributed by atoms with Crippen molar-refractivity contribution < 1.29 is 4.79 Å². The number of nitrogens with one attached hydrogen (secondary N) is 1. The highest BCUT2D eigenvalue weighted by Crippen LogP contribution is 2.28. The molecule has 15 heavy (non-hydrogen) atoms. The molecule has 5 heteroatoms. The summed E-state index contributed by atoms with van der Waals surface area (Å²) in [6.07, 6.45) is 3.72. The summed E-state index contributed by atoms with van der Waals surface area (Å²) in [4.78, 5) is 13.8. The lowest BCUT2D eigenvalue weighted by Crippen LogP contribution is -2.43. The van der Waals surface area contributed by atoms with Gasteiger partial charge in [0.05, 0.1) is 6.20 Å². The minimum absolute atomic E-state index is 0.0171. The second-order valence-corrected chi connectivity index (χ2v) is 4.85. The van der Waals surface area contributed by atoms with Gasteiger partial charge in [0, 0.05) is 13.1 Å². The van der Waals surface area contributed by atoms with E-state index < -0.39 is 0 Å². The summed E-state index contributed by atoms with van der Waals surface area (Å²) in [5.41, 5.74) is 0.630. The van der Waals surface area contributed by atoms with Gasteiger partial charge in [0.2, 0.25) is 0 Å². The lowest BCUT2D eigenvalue weighted by Gasteiger charge is -2.37. The standard InChI is InChI=1S/C10H16N4O/c1-10(2)4-3-5-14(7-10)9(15)8-6-11-13-12-8/h6H,3-5,7H2,1-2H3,(H,11,12,13). The monoisotopic (exact) mass is 208 g/mol. The molecule has 1 saturated heterocycles. The van der Waals surface area contributed by atoms with Crippen molar-refractivity contribution in [1.82, 2.24) is 20.3 Å². The molecule has 0 aromatic carbocycles. The topological polar surface area (TPSA) is 61.9 Å². The minimum Gasteiger partial charge on any atom is -0.337 e. The molecule has 2 rings (SSSR count). The van der Waals surface area contributed by atoms with Gasteiger partial charge < -0.3 is 4.90 Å². The van der Waals surface area contributed by atoms with Crippen molar-refractivity contribution in [3.05, 3.63) is 11.9 Å². The molecule has 0 bridgehead atoms. The Balaban J connectivity index is 2.08. The maximum absolute atomic E-state index is 12.0. The summed E-state index contributed by atoms with van der Waals surface area (Å²) in [6, 6.07) is 0. The smallest absolute Gasteiger partial charge is 0.276 e. The van der Waals surface area contributed by atoms with Crippen molar-refractivity contribution in [3.8, 4) is 0 Å². The molecule has 1 aliphatic rings. The Morgan fingerprint density at radius 1 is 1.60 bits per heavy atom. The van der Waals surface area contributed by atoms with Crippen LogP contribution in [0.3, 0.4) is 0 Å². The van der Waals surface area contributed by atoms with Crippen LogP contribution in [0, 0.1) is 5.41 Å². The molecule has 0 atom stereocenters. The molecule has 1 aromatic heterocycles. The fourth-order valence-corrected chi connectivity index (χ4v) is 2.06. The molecule has 0 aliphatic carbocycles. The Hall–Kier alpha value is -1.39. The Labute approximate surface area is 88.9 Å². The average Bonchev–Trinajstić information content (AvgIpc) is 2.67. The van der Waals surface area contributed by atoms with E-state index in [0.717, 1.165) is 19.5 Å². The third-order valence-corrected chi connectivity index (χ3v) is 2.82. The van der Waals surface area contributed by atoms with Crippen LogP contribution in [0.15, 0.2) is 6.20 Å². The fraction of sp³-hybridized carbons (Fsp3) is 0.700. The second kappa shape index (κ2) is 3.64. The number of likely N-dealkylation sites (tertiary alicyclic amines) is 1. The second-order valence-electron chi connectivity index (χ2n) is 4.85. The number of nitrogens with zero attached hydrogens (tertiary/aromatic N) is 3. The first-order valence-electron chi connectivity index (χ1n) is 5.23. The van der Waals surface area contributed by atoms with Gasteiger partial charge in [-0.2, -0.15) is 15.4 Å². The zero-order chi connectivity index (χ0) is 10.9. The highest BCUT2D eigenvalue weighted by atomic mass is 16.2. The molecule has 82 valence electrons. The number of H-pyrrole nitrogens is 1. The molecule has 0 radical (unpaired) electrons. The number of piperidine rings is 1. The number of carbonyl (C=O) groups excluding carboxylic acids is 1. The summed E-state index contributed by atoms with van der Waals surface area (Å²) in [5, 5.41) is 9.93. The molecule has 2 heterocycles. The lowest BCUT2D eigenvalue weighted by molar-refractivity contribution is 0.0577. The van der Waals surface area contributed by atoms with Gasteiger partial charge in [-0.3, -0.25) is 4.79 Å². The van der Waals surface area contributed by atoms with E-state index in [0.29, 0.717) is 5.69 Å². The zero-order valence-electron chi connectivity index (χ0n) is 9.16. The molecule has 1 N–H and O–H groups in total. The molecule has 1 aromatic rings. The van der Waals surface area contributed by atoms with E-state index in [1.54, 1.807) is 0 Å². The van der Waals surface area contributed by atoms with Gasteiger partial charge >= 0.3 is 0 Å². The van der Waals surface area contributed by atoms with E-state index in [2.05, 4.69) is 29.3 Å². The number of carbonyl (C=O) groups is 1. The molecular weight excluding hydrogens is 192 g/mol. The molecule has 0 saturated carbocycles. The molecule has 0 spiro atoms. The number of aromatic nitrogens is 3. The first-order chi connectivity index (χ1) is 7.08. The van der Waals surface area contributed by atoms with Crippen molar-refractivity contribution in [3.63, 3.8) is 0 Å². The summed E-state index contributed by atoms with van der Waals surface area (Å²) in [6.45, 7) is 6.01. The molecular formula is C10H16N4O. The molecule has 0 unspecified atom stereocenters. The predicted molar refractivity (Wildman–Crippen MR) is 55.3 cm³/mol. The zero-order valence-corrected chi connectivity index (χ0v) is 9.16. The van der Waals surface area contributed by atoms with Crippen molar-refractivity contribution in [2.75, 3.05) is 13.1 Å². The Bertz CT molecular complexity index is 344. The van der Waals surface area contributed by atoms with Crippen LogP contribution in [-0.2, 0) is 0 Å². The van der Waals surface area contributed by atoms with Gasteiger partial charge in [-0.15, -0.1) is 0 Å². The van der Waals surface area contributed by atoms with E-state index in [1.807, 2.05) is 4.90 Å². The van der Waals surface area contributed by atoms with E-state index in [-0.39, 0.29) is 11.3 Å². The summed E-state index contributed by atoms with van der Waals surface area (Å²) in [7, 11) is 0. The van der Waals surface area contributed by atoms with Crippen LogP contribution in [0.5, 0.6) is 0 Å². The van der Waals surface area contributed by atoms with E-state index in [9.17, 15) is 4.79 Å². The van der Waals surface area contributed by atoms with Crippen molar-refractivity contribution in [2.24, 2.45) is 5.41 Å². The number of hydrogen-bond acceptors (Lipinski definition) is 3. The quantitative estimate of drug-likeness (QED) is 0.750. The molecule has 5 nitrogen and oxygen atoms in total. The lowest BCUT2D eigenvalue weighted by atomic mass is 9.84. The van der Waals surface area contributed by atoms with Crippen LogP contribution < -0.4 is 0 Å². The number of hydrogen-bond donors (Lipinski definition) is 1. The van der Waals surface area contributed by atoms with Crippen LogP contribution in [0.4, 0.5) is 0 Å². The number of aromatic amines is 1. The summed E-state index contributed by atoms with van der Waals surface area (Å²) < 4.78 is 0. The van der Waals surface area contributed by atoms with Crippen LogP contribution >= 0.6 is 0 Å². The SMILES string of the molecule is CC1(C)CCCN(C(=O)c2cn[nH]n2)C1. The number of rotatable bonds is 1. The molecule has 1 aliphatic heterocycles. The summed E-state index contributed by atoms with van der Waals surface area (Å²) >= 11 is 0. The highest BCUT2D eigenvalue weighted by molar-refractivity contribution is 5.91. The number of amides is 1. The van der Waals surface area contributed by atoms with Crippen molar-refractivity contribution >= 4 is 5.91 Å². The Morgan fingerprint density at radius 2 is 2.40 bits per heavy atom. The first kappa shape index (κ1) is 10.1. The van der Waals surface area contributed by atoms with Crippen molar-refractivity contribution in [1.29, 1.82) is 0 Å². The fourth-order valence-electron chi connectivity index (χ4n) is 2.06. The summed E-state index contributed by atoms with van der Waals surface area (Å²) in [5.74, 6) is -0.0171. The third-order valence-electron chi connectivity index (χ3n) is 2.82. The normalized spacial score (nSPS) is 20.3.